The molecule has 108 valence electrons. The zero-order chi connectivity index (χ0) is 15.3. The van der Waals surface area contributed by atoms with Crippen LogP contribution < -0.4 is 0 Å². The maximum absolute atomic E-state index is 11.5. The molecular formula is C9H8Cl5NO3S. The largest absolute Gasteiger partial charge is 0.480 e. The minimum Gasteiger partial charge on any atom is -0.480 e. The summed E-state index contributed by atoms with van der Waals surface area (Å²) in [4.78, 5) is 23.3. The number of hydrogen-bond donors (Lipinski definition) is 2. The zero-order valence-electron chi connectivity index (χ0n) is 9.33. The van der Waals surface area contributed by atoms with Gasteiger partial charge < -0.3 is 5.11 Å². The van der Waals surface area contributed by atoms with E-state index in [1.54, 1.807) is 0 Å². The number of carbonyl (C=O) groups is 2. The van der Waals surface area contributed by atoms with Crippen molar-refractivity contribution in [2.24, 2.45) is 0 Å². The first kappa shape index (κ1) is 19.2. The molecule has 10 heteroatoms. The Hall–Kier alpha value is 0.220. The molecule has 1 amide bonds. The summed E-state index contributed by atoms with van der Waals surface area (Å²) in [5.74, 6) is -2.13. The Balaban J connectivity index is 5.80. The van der Waals surface area contributed by atoms with Crippen molar-refractivity contribution in [1.82, 2.24) is 4.90 Å². The molecule has 0 heterocycles. The van der Waals surface area contributed by atoms with Gasteiger partial charge in [0.2, 0.25) is 5.91 Å². The first-order valence-corrected chi connectivity index (χ1v) is 7.07. The van der Waals surface area contributed by atoms with Crippen molar-refractivity contribution in [2.45, 2.75) is 13.0 Å². The van der Waals surface area contributed by atoms with E-state index in [9.17, 15) is 9.59 Å². The molecule has 0 aliphatic carbocycles. The van der Waals surface area contributed by atoms with Gasteiger partial charge in [-0.2, -0.15) is 12.6 Å². The van der Waals surface area contributed by atoms with Gasteiger partial charge in [0.25, 0.3) is 0 Å². The fourth-order valence-electron chi connectivity index (χ4n) is 1.04. The molecule has 0 bridgehead atoms. The van der Waals surface area contributed by atoms with Gasteiger partial charge in [0.1, 0.15) is 15.7 Å². The molecule has 0 aromatic carbocycles. The van der Waals surface area contributed by atoms with Gasteiger partial charge in [-0.1, -0.05) is 58.0 Å². The van der Waals surface area contributed by atoms with Crippen LogP contribution in [-0.2, 0) is 9.59 Å². The van der Waals surface area contributed by atoms with Crippen LogP contribution in [0.2, 0.25) is 0 Å². The van der Waals surface area contributed by atoms with E-state index in [0.717, 1.165) is 11.8 Å². The van der Waals surface area contributed by atoms with Crippen molar-refractivity contribution in [3.05, 3.63) is 19.7 Å². The van der Waals surface area contributed by atoms with E-state index in [2.05, 4.69) is 12.6 Å². The molecule has 1 N–H and O–H groups in total. The molecule has 1 atom stereocenters. The number of rotatable bonds is 5. The second-order valence-electron chi connectivity index (χ2n) is 3.10. The van der Waals surface area contributed by atoms with Crippen LogP contribution in [0.15, 0.2) is 19.7 Å². The maximum Gasteiger partial charge on any atom is 0.327 e. The smallest absolute Gasteiger partial charge is 0.327 e. The van der Waals surface area contributed by atoms with Crippen LogP contribution in [0, 0.1) is 0 Å². The van der Waals surface area contributed by atoms with Crippen LogP contribution >= 0.6 is 70.6 Å². The number of carbonyl (C=O) groups excluding carboxylic acids is 1. The van der Waals surface area contributed by atoms with Crippen LogP contribution in [-0.4, -0.2) is 33.7 Å². The first-order chi connectivity index (χ1) is 8.64. The number of carboxylic acids is 1. The number of nitrogens with zero attached hydrogens (tertiary/aromatic N) is 1. The van der Waals surface area contributed by atoms with Crippen molar-refractivity contribution in [2.75, 3.05) is 5.75 Å². The van der Waals surface area contributed by atoms with Gasteiger partial charge in [0, 0.05) is 12.7 Å². The molecule has 0 aliphatic rings. The molecule has 0 saturated carbocycles. The Labute approximate surface area is 140 Å². The van der Waals surface area contributed by atoms with Crippen molar-refractivity contribution in [3.63, 3.8) is 0 Å². The molecular weight excluding hydrogens is 379 g/mol. The second kappa shape index (κ2) is 8.49. The third-order valence-corrected chi connectivity index (χ3v) is 4.09. The van der Waals surface area contributed by atoms with Crippen molar-refractivity contribution >= 4 is 82.5 Å². The van der Waals surface area contributed by atoms with E-state index in [-0.39, 0.29) is 20.3 Å². The normalized spacial score (nSPS) is 13.4. The predicted octanol–water partition coefficient (Wildman–Crippen LogP) is 3.75. The Morgan fingerprint density at radius 1 is 1.16 bits per heavy atom. The highest BCUT2D eigenvalue weighted by Crippen LogP contribution is 2.33. The Kier molecular flexibility index (Phi) is 8.59. The fraction of sp³-hybridized carbons (Fsp3) is 0.333. The molecule has 4 nitrogen and oxygen atoms in total. The lowest BCUT2D eigenvalue weighted by Gasteiger charge is -2.26. The number of halogens is 5. The maximum atomic E-state index is 11.5. The van der Waals surface area contributed by atoms with Gasteiger partial charge in [-0.05, 0) is 0 Å². The van der Waals surface area contributed by atoms with Crippen molar-refractivity contribution in [1.29, 1.82) is 0 Å². The Morgan fingerprint density at radius 2 is 1.63 bits per heavy atom. The zero-order valence-corrected chi connectivity index (χ0v) is 14.0. The Morgan fingerprint density at radius 3 is 1.89 bits per heavy atom. The highest BCUT2D eigenvalue weighted by atomic mass is 35.5. The van der Waals surface area contributed by atoms with Gasteiger partial charge in [-0.3, -0.25) is 9.69 Å². The van der Waals surface area contributed by atoms with Gasteiger partial charge in [0.05, 0.1) is 10.1 Å². The summed E-state index contributed by atoms with van der Waals surface area (Å²) >= 11 is 32.0. The summed E-state index contributed by atoms with van der Waals surface area (Å²) in [6, 6.07) is -1.30. The monoisotopic (exact) mass is 385 g/mol. The molecule has 0 aliphatic heterocycles. The van der Waals surface area contributed by atoms with Gasteiger partial charge in [-0.15, -0.1) is 0 Å². The number of allylic oxidation sites excluding steroid dienone is 2. The van der Waals surface area contributed by atoms with Crippen LogP contribution in [0.1, 0.15) is 6.92 Å². The predicted molar refractivity (Wildman–Crippen MR) is 81.1 cm³/mol. The molecule has 0 unspecified atom stereocenters. The third kappa shape index (κ3) is 5.25. The molecule has 0 rings (SSSR count). The number of amides is 1. The first-order valence-electron chi connectivity index (χ1n) is 4.55. The average Bonchev–Trinajstić information content (AvgIpc) is 2.31. The molecule has 0 fully saturated rings. The Bertz CT molecular complexity index is 447. The summed E-state index contributed by atoms with van der Waals surface area (Å²) in [7, 11) is 0. The number of aliphatic carboxylic acids is 1. The quantitative estimate of drug-likeness (QED) is 0.429. The van der Waals surface area contributed by atoms with Crippen LogP contribution in [0.5, 0.6) is 0 Å². The highest BCUT2D eigenvalue weighted by Gasteiger charge is 2.31. The van der Waals surface area contributed by atoms with E-state index in [4.69, 9.17) is 63.1 Å². The summed E-state index contributed by atoms with van der Waals surface area (Å²) in [6.45, 7) is 1.12. The minimum absolute atomic E-state index is 0.175. The summed E-state index contributed by atoms with van der Waals surface area (Å²) in [5, 5.41) is 7.96. The number of hydrogen-bond acceptors (Lipinski definition) is 3. The van der Waals surface area contributed by atoms with E-state index in [1.165, 1.54) is 0 Å². The third-order valence-electron chi connectivity index (χ3n) is 1.86. The second-order valence-corrected chi connectivity index (χ2v) is 5.53. The highest BCUT2D eigenvalue weighted by molar-refractivity contribution is 7.80. The molecule has 0 spiro atoms. The molecule has 0 radical (unpaired) electrons. The number of carboxylic acid groups (broad SMARTS) is 1. The van der Waals surface area contributed by atoms with Crippen LogP contribution in [0.4, 0.5) is 0 Å². The average molecular weight is 387 g/mol. The molecule has 0 aromatic rings. The summed E-state index contributed by atoms with van der Waals surface area (Å²) in [5.41, 5.74) is 0. The van der Waals surface area contributed by atoms with E-state index >= 15 is 0 Å². The lowest BCUT2D eigenvalue weighted by molar-refractivity contribution is -0.146. The molecule has 19 heavy (non-hydrogen) atoms. The van der Waals surface area contributed by atoms with Crippen molar-refractivity contribution in [3.8, 4) is 0 Å². The standard InChI is InChI=1S/C9H8Cl5NO3S/c1-3(16)15(4(2-19)9(17)18)8(14)6(11)5(10)7(12)13/h4,19H,2H2,1H3,(H,17,18)/t4-/m0/s1. The SMILES string of the molecule is CC(=O)N(C(Cl)=C(Cl)C(Cl)=C(Cl)Cl)[C@@H](CS)C(=O)O. The van der Waals surface area contributed by atoms with E-state index in [1.807, 2.05) is 0 Å². The summed E-state index contributed by atoms with van der Waals surface area (Å²) < 4.78 is -0.369. The van der Waals surface area contributed by atoms with Gasteiger partial charge >= 0.3 is 5.97 Å². The van der Waals surface area contributed by atoms with Crippen LogP contribution in [0.3, 0.4) is 0 Å². The van der Waals surface area contributed by atoms with Gasteiger partial charge in [-0.25, -0.2) is 4.79 Å². The van der Waals surface area contributed by atoms with E-state index in [0.29, 0.717) is 0 Å². The lowest BCUT2D eigenvalue weighted by Crippen LogP contribution is -2.44. The van der Waals surface area contributed by atoms with Crippen molar-refractivity contribution < 1.29 is 14.7 Å². The lowest BCUT2D eigenvalue weighted by atomic mass is 10.3. The molecule has 0 saturated heterocycles. The molecule has 0 aromatic heterocycles. The minimum atomic E-state index is -1.30. The van der Waals surface area contributed by atoms with Gasteiger partial charge in [0.15, 0.2) is 0 Å². The van der Waals surface area contributed by atoms with E-state index < -0.39 is 23.1 Å². The fourth-order valence-corrected chi connectivity index (χ4v) is 2.30. The summed E-state index contributed by atoms with van der Waals surface area (Å²) in [6.07, 6.45) is 0. The van der Waals surface area contributed by atoms with Crippen LogP contribution in [0.25, 0.3) is 0 Å². The number of thiol groups is 1. The topological polar surface area (TPSA) is 57.6 Å².